The van der Waals surface area contributed by atoms with Gasteiger partial charge in [0.2, 0.25) is 0 Å². The molecule has 1 aliphatic carbocycles. The summed E-state index contributed by atoms with van der Waals surface area (Å²) in [4.78, 5) is 0. The van der Waals surface area contributed by atoms with E-state index in [9.17, 15) is 5.11 Å². The largest absolute Gasteiger partial charge is 0.362 e. The van der Waals surface area contributed by atoms with Crippen LogP contribution in [0.15, 0.2) is 35.5 Å². The van der Waals surface area contributed by atoms with Gasteiger partial charge in [0.25, 0.3) is 0 Å². The minimum absolute atomic E-state index is 0.0303. The maximum absolute atomic E-state index is 11.0. The summed E-state index contributed by atoms with van der Waals surface area (Å²) in [7, 11) is 0. The average Bonchev–Trinajstić information content (AvgIpc) is 2.66. The molecule has 2 aliphatic rings. The van der Waals surface area contributed by atoms with Crippen molar-refractivity contribution in [3.05, 3.63) is 35.5 Å². The van der Waals surface area contributed by atoms with E-state index >= 15 is 0 Å². The minimum Gasteiger partial charge on any atom is -0.362 e. The van der Waals surface area contributed by atoms with Gasteiger partial charge in [-0.15, -0.1) is 0 Å². The maximum Gasteiger partial charge on any atom is 0.188 e. The molecule has 1 heterocycles. The van der Waals surface area contributed by atoms with Gasteiger partial charge < -0.3 is 9.84 Å². The van der Waals surface area contributed by atoms with Crippen molar-refractivity contribution in [3.63, 3.8) is 0 Å². The summed E-state index contributed by atoms with van der Waals surface area (Å²) in [5, 5.41) is 11.0. The Labute approximate surface area is 136 Å². The van der Waals surface area contributed by atoms with Crippen molar-refractivity contribution >= 4 is 0 Å². The van der Waals surface area contributed by atoms with Gasteiger partial charge in [-0.1, -0.05) is 50.1 Å². The van der Waals surface area contributed by atoms with Crippen LogP contribution in [0.3, 0.4) is 0 Å². The fourth-order valence-corrected chi connectivity index (χ4v) is 3.50. The zero-order chi connectivity index (χ0) is 16.3. The monoisotopic (exact) mass is 304 g/mol. The highest BCUT2D eigenvalue weighted by Crippen LogP contribution is 2.44. The van der Waals surface area contributed by atoms with Crippen LogP contribution >= 0.6 is 0 Å². The van der Waals surface area contributed by atoms with Gasteiger partial charge in [-0.3, -0.25) is 0 Å². The molecule has 0 aromatic rings. The first-order chi connectivity index (χ1) is 10.3. The molecule has 0 bridgehead atoms. The molecule has 0 saturated carbocycles. The maximum atomic E-state index is 11.0. The smallest absolute Gasteiger partial charge is 0.188 e. The van der Waals surface area contributed by atoms with Crippen molar-refractivity contribution < 1.29 is 9.84 Å². The predicted molar refractivity (Wildman–Crippen MR) is 92.4 cm³/mol. The van der Waals surface area contributed by atoms with Gasteiger partial charge in [-0.05, 0) is 57.4 Å². The summed E-state index contributed by atoms with van der Waals surface area (Å²) in [6, 6.07) is 0. The highest BCUT2D eigenvalue weighted by atomic mass is 16.6. The van der Waals surface area contributed by atoms with Crippen LogP contribution in [0, 0.1) is 17.8 Å². The van der Waals surface area contributed by atoms with E-state index in [1.807, 2.05) is 6.08 Å². The SMILES string of the molecule is CC1=CC2OC(O)(C=CC(C)C)C(C)C2CCC(C)=CCC1. The molecule has 0 aromatic carbocycles. The summed E-state index contributed by atoms with van der Waals surface area (Å²) in [5.74, 6) is -0.217. The van der Waals surface area contributed by atoms with Crippen LogP contribution < -0.4 is 0 Å². The topological polar surface area (TPSA) is 29.5 Å². The van der Waals surface area contributed by atoms with E-state index in [0.29, 0.717) is 11.8 Å². The lowest BCUT2D eigenvalue weighted by Crippen LogP contribution is -2.32. The Balaban J connectivity index is 2.25. The predicted octanol–water partition coefficient (Wildman–Crippen LogP) is 5.00. The molecule has 1 aliphatic heterocycles. The molecule has 0 amide bonds. The fourth-order valence-electron chi connectivity index (χ4n) is 3.50. The molecule has 124 valence electrons. The van der Waals surface area contributed by atoms with Gasteiger partial charge in [-0.25, -0.2) is 0 Å². The Kier molecular flexibility index (Phi) is 5.68. The summed E-state index contributed by atoms with van der Waals surface area (Å²) < 4.78 is 6.13. The molecule has 0 spiro atoms. The summed E-state index contributed by atoms with van der Waals surface area (Å²) >= 11 is 0. The lowest BCUT2D eigenvalue weighted by atomic mass is 9.81. The van der Waals surface area contributed by atoms with Crippen LogP contribution in [0.5, 0.6) is 0 Å². The zero-order valence-electron chi connectivity index (χ0n) is 14.8. The Morgan fingerprint density at radius 2 is 2.00 bits per heavy atom. The molecule has 0 aromatic heterocycles. The van der Waals surface area contributed by atoms with Crippen LogP contribution in [-0.2, 0) is 4.74 Å². The first-order valence-electron chi connectivity index (χ1n) is 8.74. The van der Waals surface area contributed by atoms with E-state index in [-0.39, 0.29) is 12.0 Å². The lowest BCUT2D eigenvalue weighted by molar-refractivity contribution is -0.164. The summed E-state index contributed by atoms with van der Waals surface area (Å²) in [6.45, 7) is 10.8. The number of hydrogen-bond acceptors (Lipinski definition) is 2. The van der Waals surface area contributed by atoms with Crippen molar-refractivity contribution in [2.24, 2.45) is 17.8 Å². The lowest BCUT2D eigenvalue weighted by Gasteiger charge is -2.25. The molecule has 2 rings (SSSR count). The molecule has 2 nitrogen and oxygen atoms in total. The highest BCUT2D eigenvalue weighted by Gasteiger charge is 2.49. The quantitative estimate of drug-likeness (QED) is 0.727. The third-order valence-electron chi connectivity index (χ3n) is 5.11. The standard InChI is InChI=1S/C20H32O2/c1-14(2)11-12-20(21)17(5)18-10-9-15(3)7-6-8-16(4)13-19(18)22-20/h7,11-14,17-19,21H,6,8-10H2,1-5H3. The number of ether oxygens (including phenoxy) is 1. The van der Waals surface area contributed by atoms with E-state index < -0.39 is 5.79 Å². The summed E-state index contributed by atoms with van der Waals surface area (Å²) in [6.07, 6.45) is 12.9. The first kappa shape index (κ1) is 17.5. The Morgan fingerprint density at radius 3 is 2.68 bits per heavy atom. The Bertz CT molecular complexity index is 472. The highest BCUT2D eigenvalue weighted by molar-refractivity contribution is 5.15. The number of fused-ring (bicyclic) bond motifs is 1. The van der Waals surface area contributed by atoms with Crippen molar-refractivity contribution in [2.75, 3.05) is 0 Å². The number of hydrogen-bond donors (Lipinski definition) is 1. The Morgan fingerprint density at radius 1 is 1.27 bits per heavy atom. The second-order valence-corrected chi connectivity index (χ2v) is 7.53. The van der Waals surface area contributed by atoms with Crippen molar-refractivity contribution in [2.45, 2.75) is 72.2 Å². The normalized spacial score (nSPS) is 37.1. The van der Waals surface area contributed by atoms with E-state index in [2.05, 4.69) is 52.8 Å². The Hall–Kier alpha value is -0.860. The molecular formula is C20H32O2. The van der Waals surface area contributed by atoms with E-state index in [1.165, 1.54) is 11.1 Å². The van der Waals surface area contributed by atoms with Gasteiger partial charge in [0.15, 0.2) is 5.79 Å². The molecular weight excluding hydrogens is 272 g/mol. The molecule has 1 N–H and O–H groups in total. The summed E-state index contributed by atoms with van der Waals surface area (Å²) in [5.41, 5.74) is 2.83. The number of rotatable bonds is 2. The molecule has 22 heavy (non-hydrogen) atoms. The third kappa shape index (κ3) is 4.11. The van der Waals surface area contributed by atoms with Gasteiger partial charge in [0.05, 0.1) is 6.10 Å². The van der Waals surface area contributed by atoms with Gasteiger partial charge >= 0.3 is 0 Å². The van der Waals surface area contributed by atoms with Crippen molar-refractivity contribution in [3.8, 4) is 0 Å². The van der Waals surface area contributed by atoms with Gasteiger partial charge in [-0.2, -0.15) is 0 Å². The van der Waals surface area contributed by atoms with Crippen LogP contribution in [0.2, 0.25) is 0 Å². The van der Waals surface area contributed by atoms with Crippen molar-refractivity contribution in [1.82, 2.24) is 0 Å². The average molecular weight is 304 g/mol. The van der Waals surface area contributed by atoms with Crippen LogP contribution in [0.4, 0.5) is 0 Å². The molecule has 4 unspecified atom stereocenters. The second-order valence-electron chi connectivity index (χ2n) is 7.53. The van der Waals surface area contributed by atoms with Crippen LogP contribution in [-0.4, -0.2) is 17.0 Å². The molecule has 2 heteroatoms. The molecule has 1 fully saturated rings. The fraction of sp³-hybridized carbons (Fsp3) is 0.700. The van der Waals surface area contributed by atoms with E-state index in [1.54, 1.807) is 0 Å². The minimum atomic E-state index is -1.12. The van der Waals surface area contributed by atoms with Crippen LogP contribution in [0.25, 0.3) is 0 Å². The molecule has 1 saturated heterocycles. The van der Waals surface area contributed by atoms with E-state index in [0.717, 1.165) is 25.7 Å². The zero-order valence-corrected chi connectivity index (χ0v) is 14.8. The molecule has 0 radical (unpaired) electrons. The van der Waals surface area contributed by atoms with Crippen molar-refractivity contribution in [1.29, 1.82) is 0 Å². The van der Waals surface area contributed by atoms with E-state index in [4.69, 9.17) is 4.74 Å². The van der Waals surface area contributed by atoms with Gasteiger partial charge in [0.1, 0.15) is 0 Å². The first-order valence-corrected chi connectivity index (χ1v) is 8.74. The van der Waals surface area contributed by atoms with Gasteiger partial charge in [0, 0.05) is 5.92 Å². The molecule has 4 atom stereocenters. The number of allylic oxidation sites excluding steroid dienone is 4. The third-order valence-corrected chi connectivity index (χ3v) is 5.11. The number of aliphatic hydroxyl groups is 1. The van der Waals surface area contributed by atoms with Crippen LogP contribution in [0.1, 0.15) is 60.3 Å². The second kappa shape index (κ2) is 7.14.